The SMILES string of the molecule is CNC1C(N2CCC(C(C)(C)C)CC2)CCC1(C)C. The van der Waals surface area contributed by atoms with Crippen molar-refractivity contribution in [2.45, 2.75) is 72.4 Å². The van der Waals surface area contributed by atoms with Crippen LogP contribution in [-0.2, 0) is 0 Å². The number of hydrogen-bond acceptors (Lipinski definition) is 2. The molecule has 19 heavy (non-hydrogen) atoms. The summed E-state index contributed by atoms with van der Waals surface area (Å²) < 4.78 is 0. The number of piperidine rings is 1. The lowest BCUT2D eigenvalue weighted by atomic mass is 9.75. The van der Waals surface area contributed by atoms with E-state index >= 15 is 0 Å². The van der Waals surface area contributed by atoms with E-state index in [1.807, 2.05) is 0 Å². The van der Waals surface area contributed by atoms with Crippen LogP contribution in [0, 0.1) is 16.7 Å². The molecule has 1 saturated heterocycles. The van der Waals surface area contributed by atoms with Crippen molar-refractivity contribution in [3.63, 3.8) is 0 Å². The number of hydrogen-bond donors (Lipinski definition) is 1. The molecular formula is C17H34N2. The normalized spacial score (nSPS) is 33.8. The molecule has 2 heteroatoms. The molecule has 2 aliphatic rings. The van der Waals surface area contributed by atoms with Crippen LogP contribution in [0.25, 0.3) is 0 Å². The van der Waals surface area contributed by atoms with Crippen molar-refractivity contribution in [3.05, 3.63) is 0 Å². The van der Waals surface area contributed by atoms with Gasteiger partial charge in [0.25, 0.3) is 0 Å². The maximum atomic E-state index is 3.60. The van der Waals surface area contributed by atoms with Gasteiger partial charge in [0.2, 0.25) is 0 Å². The van der Waals surface area contributed by atoms with Crippen molar-refractivity contribution in [1.29, 1.82) is 0 Å². The third-order valence-corrected chi connectivity index (χ3v) is 5.85. The van der Waals surface area contributed by atoms with E-state index in [-0.39, 0.29) is 0 Å². The van der Waals surface area contributed by atoms with Crippen LogP contribution in [0.2, 0.25) is 0 Å². The number of nitrogens with one attached hydrogen (secondary N) is 1. The Bertz CT molecular complexity index is 295. The number of nitrogens with zero attached hydrogens (tertiary/aromatic N) is 1. The Morgan fingerprint density at radius 1 is 1.05 bits per heavy atom. The fraction of sp³-hybridized carbons (Fsp3) is 1.00. The van der Waals surface area contributed by atoms with Gasteiger partial charge in [-0.25, -0.2) is 0 Å². The monoisotopic (exact) mass is 266 g/mol. The zero-order valence-corrected chi connectivity index (χ0v) is 13.9. The van der Waals surface area contributed by atoms with Crippen LogP contribution in [-0.4, -0.2) is 37.1 Å². The van der Waals surface area contributed by atoms with Crippen LogP contribution in [0.1, 0.15) is 60.3 Å². The van der Waals surface area contributed by atoms with E-state index in [2.05, 4.69) is 51.9 Å². The summed E-state index contributed by atoms with van der Waals surface area (Å²) in [5.74, 6) is 0.909. The number of likely N-dealkylation sites (N-methyl/N-ethyl adjacent to an activating group) is 1. The lowest BCUT2D eigenvalue weighted by molar-refractivity contribution is 0.0680. The minimum Gasteiger partial charge on any atom is -0.315 e. The zero-order valence-electron chi connectivity index (χ0n) is 13.9. The largest absolute Gasteiger partial charge is 0.315 e. The highest BCUT2D eigenvalue weighted by atomic mass is 15.2. The molecule has 1 N–H and O–H groups in total. The smallest absolute Gasteiger partial charge is 0.0271 e. The van der Waals surface area contributed by atoms with Gasteiger partial charge in [0.1, 0.15) is 0 Å². The highest BCUT2D eigenvalue weighted by Gasteiger charge is 2.44. The molecule has 2 rings (SSSR count). The maximum absolute atomic E-state index is 3.60. The first-order chi connectivity index (χ1) is 8.75. The van der Waals surface area contributed by atoms with E-state index in [4.69, 9.17) is 0 Å². The first-order valence-corrected chi connectivity index (χ1v) is 8.17. The summed E-state index contributed by atoms with van der Waals surface area (Å²) in [6.45, 7) is 14.7. The molecule has 112 valence electrons. The lowest BCUT2D eigenvalue weighted by Crippen LogP contribution is -2.53. The second-order valence-corrected chi connectivity index (χ2v) is 8.54. The minimum absolute atomic E-state index is 0.459. The van der Waals surface area contributed by atoms with Crippen molar-refractivity contribution in [1.82, 2.24) is 10.2 Å². The zero-order chi connectivity index (χ0) is 14.3. The average molecular weight is 266 g/mol. The van der Waals surface area contributed by atoms with E-state index < -0.39 is 0 Å². The molecule has 1 aliphatic carbocycles. The van der Waals surface area contributed by atoms with Gasteiger partial charge in [0.05, 0.1) is 0 Å². The molecular weight excluding hydrogens is 232 g/mol. The van der Waals surface area contributed by atoms with Crippen molar-refractivity contribution < 1.29 is 0 Å². The fourth-order valence-electron chi connectivity index (χ4n) is 4.44. The molecule has 0 aromatic heterocycles. The van der Waals surface area contributed by atoms with Gasteiger partial charge in [-0.15, -0.1) is 0 Å². The summed E-state index contributed by atoms with van der Waals surface area (Å²) in [6, 6.07) is 1.43. The number of likely N-dealkylation sites (tertiary alicyclic amines) is 1. The Kier molecular flexibility index (Phi) is 4.32. The second-order valence-electron chi connectivity index (χ2n) is 8.54. The molecule has 2 unspecified atom stereocenters. The van der Waals surface area contributed by atoms with Crippen LogP contribution in [0.3, 0.4) is 0 Å². The molecule has 2 fully saturated rings. The Morgan fingerprint density at radius 3 is 2.11 bits per heavy atom. The van der Waals surface area contributed by atoms with Crippen LogP contribution in [0.5, 0.6) is 0 Å². The maximum Gasteiger partial charge on any atom is 0.0271 e. The Balaban J connectivity index is 1.95. The third kappa shape index (κ3) is 3.16. The Morgan fingerprint density at radius 2 is 1.63 bits per heavy atom. The van der Waals surface area contributed by atoms with Gasteiger partial charge in [-0.2, -0.15) is 0 Å². The summed E-state index contributed by atoms with van der Waals surface area (Å²) >= 11 is 0. The molecule has 1 saturated carbocycles. The van der Waals surface area contributed by atoms with Crippen molar-refractivity contribution >= 4 is 0 Å². The second kappa shape index (κ2) is 5.37. The molecule has 2 nitrogen and oxygen atoms in total. The van der Waals surface area contributed by atoms with E-state index in [0.717, 1.165) is 12.0 Å². The van der Waals surface area contributed by atoms with Crippen LogP contribution in [0.4, 0.5) is 0 Å². The van der Waals surface area contributed by atoms with Crippen molar-refractivity contribution in [3.8, 4) is 0 Å². The summed E-state index contributed by atoms with van der Waals surface area (Å²) in [5.41, 5.74) is 0.948. The molecule has 2 atom stereocenters. The molecule has 0 aromatic carbocycles. The summed E-state index contributed by atoms with van der Waals surface area (Å²) in [5, 5.41) is 3.60. The molecule has 1 aliphatic heterocycles. The molecule has 0 amide bonds. The predicted molar refractivity (Wildman–Crippen MR) is 83.4 cm³/mol. The van der Waals surface area contributed by atoms with Gasteiger partial charge in [-0.1, -0.05) is 34.6 Å². The van der Waals surface area contributed by atoms with E-state index in [1.165, 1.54) is 38.8 Å². The van der Waals surface area contributed by atoms with E-state index in [0.29, 0.717) is 16.9 Å². The highest BCUT2D eigenvalue weighted by Crippen LogP contribution is 2.42. The summed E-state index contributed by atoms with van der Waals surface area (Å²) in [7, 11) is 2.15. The van der Waals surface area contributed by atoms with Gasteiger partial charge in [-0.05, 0) is 62.6 Å². The summed E-state index contributed by atoms with van der Waals surface area (Å²) in [4.78, 5) is 2.78. The first kappa shape index (κ1) is 15.3. The van der Waals surface area contributed by atoms with E-state index in [1.54, 1.807) is 0 Å². The van der Waals surface area contributed by atoms with Crippen molar-refractivity contribution in [2.24, 2.45) is 16.7 Å². The molecule has 0 aromatic rings. The minimum atomic E-state index is 0.459. The Labute approximate surface area is 120 Å². The average Bonchev–Trinajstić information content (AvgIpc) is 2.63. The standard InChI is InChI=1S/C17H34N2/c1-16(2,3)13-8-11-19(12-9-13)14-7-10-17(4,5)15(14)18-6/h13-15,18H,7-12H2,1-6H3. The van der Waals surface area contributed by atoms with Crippen molar-refractivity contribution in [2.75, 3.05) is 20.1 Å². The van der Waals surface area contributed by atoms with Crippen LogP contribution in [0.15, 0.2) is 0 Å². The fourth-order valence-corrected chi connectivity index (χ4v) is 4.44. The van der Waals surface area contributed by atoms with E-state index in [9.17, 15) is 0 Å². The Hall–Kier alpha value is -0.0800. The molecule has 0 spiro atoms. The summed E-state index contributed by atoms with van der Waals surface area (Å²) in [6.07, 6.45) is 5.51. The van der Waals surface area contributed by atoms with Crippen LogP contribution < -0.4 is 5.32 Å². The third-order valence-electron chi connectivity index (χ3n) is 5.85. The predicted octanol–water partition coefficient (Wildman–Crippen LogP) is 3.52. The van der Waals surface area contributed by atoms with Gasteiger partial charge in [-0.3, -0.25) is 4.90 Å². The first-order valence-electron chi connectivity index (χ1n) is 8.17. The number of rotatable bonds is 2. The van der Waals surface area contributed by atoms with Crippen LogP contribution >= 0.6 is 0 Å². The molecule has 1 heterocycles. The highest BCUT2D eigenvalue weighted by molar-refractivity contribution is 5.01. The molecule has 0 bridgehead atoms. The van der Waals surface area contributed by atoms with Gasteiger partial charge < -0.3 is 5.32 Å². The lowest BCUT2D eigenvalue weighted by Gasteiger charge is -2.43. The topological polar surface area (TPSA) is 15.3 Å². The quantitative estimate of drug-likeness (QED) is 0.822. The van der Waals surface area contributed by atoms with Gasteiger partial charge >= 0.3 is 0 Å². The molecule has 0 radical (unpaired) electrons. The van der Waals surface area contributed by atoms with Gasteiger partial charge in [0.15, 0.2) is 0 Å². The van der Waals surface area contributed by atoms with Gasteiger partial charge in [0, 0.05) is 12.1 Å².